The van der Waals surface area contributed by atoms with E-state index >= 15 is 0 Å². The van der Waals surface area contributed by atoms with Crippen LogP contribution in [0.2, 0.25) is 0 Å². The molecule has 1 unspecified atom stereocenters. The Balaban J connectivity index is 2.05. The van der Waals surface area contributed by atoms with E-state index in [4.69, 9.17) is 9.15 Å². The predicted molar refractivity (Wildman–Crippen MR) is 66.8 cm³/mol. The van der Waals surface area contributed by atoms with Gasteiger partial charge >= 0.3 is 0 Å². The van der Waals surface area contributed by atoms with E-state index < -0.39 is 6.10 Å². The quantitative estimate of drug-likeness (QED) is 0.727. The van der Waals surface area contributed by atoms with Crippen molar-refractivity contribution in [3.63, 3.8) is 0 Å². The van der Waals surface area contributed by atoms with Gasteiger partial charge in [-0.3, -0.25) is 0 Å². The van der Waals surface area contributed by atoms with Gasteiger partial charge in [0.25, 0.3) is 0 Å². The number of hydrogen-bond acceptors (Lipinski definition) is 4. The van der Waals surface area contributed by atoms with Crippen molar-refractivity contribution in [2.75, 3.05) is 19.8 Å². The van der Waals surface area contributed by atoms with Crippen LogP contribution in [0.5, 0.6) is 0 Å². The summed E-state index contributed by atoms with van der Waals surface area (Å²) in [4.78, 5) is 0. The second-order valence-electron chi connectivity index (χ2n) is 4.73. The summed E-state index contributed by atoms with van der Waals surface area (Å²) in [6, 6.07) is 3.86. The molecule has 0 aromatic carbocycles. The van der Waals surface area contributed by atoms with Crippen LogP contribution in [0.25, 0.3) is 0 Å². The molecule has 1 heterocycles. The van der Waals surface area contributed by atoms with E-state index in [1.54, 1.807) is 0 Å². The zero-order valence-corrected chi connectivity index (χ0v) is 10.9. The summed E-state index contributed by atoms with van der Waals surface area (Å²) in [5.41, 5.74) is 0. The number of nitrogens with one attached hydrogen (secondary N) is 1. The third kappa shape index (κ3) is 6.46. The third-order valence-electron chi connectivity index (χ3n) is 2.24. The van der Waals surface area contributed by atoms with Gasteiger partial charge in [-0.05, 0) is 25.0 Å². The molecule has 0 aliphatic carbocycles. The van der Waals surface area contributed by atoms with Gasteiger partial charge in [0.2, 0.25) is 0 Å². The number of ether oxygens (including phenoxy) is 1. The highest BCUT2D eigenvalue weighted by atomic mass is 16.5. The first-order valence-corrected chi connectivity index (χ1v) is 6.09. The van der Waals surface area contributed by atoms with Gasteiger partial charge in [-0.25, -0.2) is 0 Å². The molecule has 0 saturated heterocycles. The maximum atomic E-state index is 9.63. The van der Waals surface area contributed by atoms with E-state index in [-0.39, 0.29) is 0 Å². The van der Waals surface area contributed by atoms with Gasteiger partial charge in [0.05, 0.1) is 19.3 Å². The van der Waals surface area contributed by atoms with Crippen LogP contribution < -0.4 is 5.32 Å². The zero-order chi connectivity index (χ0) is 12.7. The molecule has 98 valence electrons. The molecule has 1 aromatic heterocycles. The second kappa shape index (κ2) is 7.48. The zero-order valence-electron chi connectivity index (χ0n) is 10.9. The van der Waals surface area contributed by atoms with Gasteiger partial charge in [-0.15, -0.1) is 0 Å². The Morgan fingerprint density at radius 3 is 2.71 bits per heavy atom. The number of hydrogen-bond donors (Lipinski definition) is 2. The molecule has 0 aliphatic rings. The highest BCUT2D eigenvalue weighted by Gasteiger charge is 2.05. The van der Waals surface area contributed by atoms with E-state index in [1.807, 2.05) is 19.1 Å². The summed E-state index contributed by atoms with van der Waals surface area (Å²) in [6.45, 7) is 8.30. The Morgan fingerprint density at radius 2 is 2.12 bits per heavy atom. The molecule has 1 aromatic rings. The molecule has 0 saturated carbocycles. The lowest BCUT2D eigenvalue weighted by Crippen LogP contribution is -2.30. The fourth-order valence-corrected chi connectivity index (χ4v) is 1.44. The molecule has 0 spiro atoms. The molecular weight excluding hydrogens is 218 g/mol. The average Bonchev–Trinajstić information content (AvgIpc) is 2.63. The maximum absolute atomic E-state index is 9.63. The van der Waals surface area contributed by atoms with Crippen molar-refractivity contribution in [2.24, 2.45) is 5.92 Å². The van der Waals surface area contributed by atoms with Crippen molar-refractivity contribution < 1.29 is 14.3 Å². The molecule has 0 fully saturated rings. The van der Waals surface area contributed by atoms with Crippen LogP contribution in [0.3, 0.4) is 0 Å². The summed E-state index contributed by atoms with van der Waals surface area (Å²) in [5, 5.41) is 12.8. The normalized spacial score (nSPS) is 13.2. The Labute approximate surface area is 103 Å². The van der Waals surface area contributed by atoms with Crippen LogP contribution in [0.15, 0.2) is 16.5 Å². The van der Waals surface area contributed by atoms with Gasteiger partial charge in [0.15, 0.2) is 0 Å². The SMILES string of the molecule is Cc1ccc(CNCC(O)COCC(C)C)o1. The van der Waals surface area contributed by atoms with Crippen LogP contribution in [0.4, 0.5) is 0 Å². The fraction of sp³-hybridized carbons (Fsp3) is 0.692. The molecule has 17 heavy (non-hydrogen) atoms. The Hall–Kier alpha value is -0.840. The van der Waals surface area contributed by atoms with E-state index in [2.05, 4.69) is 19.2 Å². The first-order valence-electron chi connectivity index (χ1n) is 6.09. The molecule has 0 aliphatic heterocycles. The monoisotopic (exact) mass is 241 g/mol. The van der Waals surface area contributed by atoms with Crippen LogP contribution in [0, 0.1) is 12.8 Å². The summed E-state index contributed by atoms with van der Waals surface area (Å²) in [6.07, 6.45) is -0.468. The largest absolute Gasteiger partial charge is 0.465 e. The number of aliphatic hydroxyl groups is 1. The lowest BCUT2D eigenvalue weighted by Gasteiger charge is -2.12. The van der Waals surface area contributed by atoms with Crippen molar-refractivity contribution >= 4 is 0 Å². The van der Waals surface area contributed by atoms with Gasteiger partial charge in [0, 0.05) is 13.2 Å². The van der Waals surface area contributed by atoms with Crippen molar-refractivity contribution in [1.29, 1.82) is 0 Å². The van der Waals surface area contributed by atoms with E-state index in [0.717, 1.165) is 11.5 Å². The number of furan rings is 1. The van der Waals surface area contributed by atoms with Crippen molar-refractivity contribution in [3.8, 4) is 0 Å². The average molecular weight is 241 g/mol. The number of rotatable bonds is 8. The van der Waals surface area contributed by atoms with Gasteiger partial charge in [0.1, 0.15) is 11.5 Å². The molecule has 4 nitrogen and oxygen atoms in total. The predicted octanol–water partition coefficient (Wildman–Crippen LogP) is 1.71. The molecule has 4 heteroatoms. The van der Waals surface area contributed by atoms with Crippen molar-refractivity contribution in [2.45, 2.75) is 33.4 Å². The molecule has 1 atom stereocenters. The maximum Gasteiger partial charge on any atom is 0.117 e. The summed E-state index contributed by atoms with van der Waals surface area (Å²) in [5.74, 6) is 2.29. The summed E-state index contributed by atoms with van der Waals surface area (Å²) >= 11 is 0. The van der Waals surface area contributed by atoms with Gasteiger partial charge in [-0.1, -0.05) is 13.8 Å². The third-order valence-corrected chi connectivity index (χ3v) is 2.24. The molecular formula is C13H23NO3. The first-order chi connectivity index (χ1) is 8.08. The minimum Gasteiger partial charge on any atom is -0.465 e. The van der Waals surface area contributed by atoms with Crippen molar-refractivity contribution in [3.05, 3.63) is 23.7 Å². The molecule has 0 amide bonds. The highest BCUT2D eigenvalue weighted by Crippen LogP contribution is 2.05. The Kier molecular flexibility index (Phi) is 6.26. The Morgan fingerprint density at radius 1 is 1.35 bits per heavy atom. The molecule has 2 N–H and O–H groups in total. The summed E-state index contributed by atoms with van der Waals surface area (Å²) < 4.78 is 10.8. The highest BCUT2D eigenvalue weighted by molar-refractivity contribution is 5.05. The van der Waals surface area contributed by atoms with Crippen LogP contribution >= 0.6 is 0 Å². The van der Waals surface area contributed by atoms with E-state index in [1.165, 1.54) is 0 Å². The standard InChI is InChI=1S/C13H23NO3/c1-10(2)8-16-9-12(15)6-14-7-13-5-4-11(3)17-13/h4-5,10,12,14-15H,6-9H2,1-3H3. The molecule has 1 rings (SSSR count). The smallest absolute Gasteiger partial charge is 0.117 e. The lowest BCUT2D eigenvalue weighted by atomic mass is 10.2. The van der Waals surface area contributed by atoms with Crippen LogP contribution in [0.1, 0.15) is 25.4 Å². The number of aliphatic hydroxyl groups excluding tert-OH is 1. The lowest BCUT2D eigenvalue weighted by molar-refractivity contribution is 0.0259. The molecule has 0 radical (unpaired) electrons. The van der Waals surface area contributed by atoms with Crippen LogP contribution in [-0.4, -0.2) is 31.0 Å². The topological polar surface area (TPSA) is 54.6 Å². The summed E-state index contributed by atoms with van der Waals surface area (Å²) in [7, 11) is 0. The fourth-order valence-electron chi connectivity index (χ4n) is 1.44. The molecule has 0 bridgehead atoms. The number of aryl methyl sites for hydroxylation is 1. The van der Waals surface area contributed by atoms with E-state index in [0.29, 0.717) is 32.2 Å². The van der Waals surface area contributed by atoms with Crippen LogP contribution in [-0.2, 0) is 11.3 Å². The van der Waals surface area contributed by atoms with Gasteiger partial charge < -0.3 is 19.6 Å². The minimum absolute atomic E-state index is 0.377. The van der Waals surface area contributed by atoms with Crippen molar-refractivity contribution in [1.82, 2.24) is 5.32 Å². The Bertz CT molecular complexity index is 309. The second-order valence-corrected chi connectivity index (χ2v) is 4.73. The van der Waals surface area contributed by atoms with E-state index in [9.17, 15) is 5.11 Å². The van der Waals surface area contributed by atoms with Gasteiger partial charge in [-0.2, -0.15) is 0 Å². The first kappa shape index (κ1) is 14.2. The minimum atomic E-state index is -0.468.